The number of hydrogen-bond donors (Lipinski definition) is 1. The van der Waals surface area contributed by atoms with Crippen LogP contribution in [-0.2, 0) is 16.1 Å². The van der Waals surface area contributed by atoms with Gasteiger partial charge in [-0.1, -0.05) is 0 Å². The van der Waals surface area contributed by atoms with Crippen LogP contribution in [0.2, 0.25) is 0 Å². The van der Waals surface area contributed by atoms with Crippen molar-refractivity contribution in [1.82, 2.24) is 20.2 Å². The number of carbonyl (C=O) groups excluding carboxylic acids is 2. The molecular weight excluding hydrogens is 232 g/mol. The maximum Gasteiger partial charge on any atom is 0.246 e. The molecule has 1 aromatic rings. The number of amides is 2. The summed E-state index contributed by atoms with van der Waals surface area (Å²) in [5.41, 5.74) is 0. The Balaban J connectivity index is 1.74. The molecule has 0 bridgehead atoms. The van der Waals surface area contributed by atoms with Crippen LogP contribution < -0.4 is 5.32 Å². The molecule has 1 atom stereocenters. The highest BCUT2D eigenvalue weighted by Crippen LogP contribution is 2.34. The molecule has 3 rings (SSSR count). The zero-order chi connectivity index (χ0) is 12.5. The fourth-order valence-corrected chi connectivity index (χ4v) is 2.19. The van der Waals surface area contributed by atoms with Crippen LogP contribution in [0, 0.1) is 5.92 Å². The van der Waals surface area contributed by atoms with Crippen molar-refractivity contribution in [3.05, 3.63) is 24.3 Å². The molecule has 1 unspecified atom stereocenters. The summed E-state index contributed by atoms with van der Waals surface area (Å²) in [5.74, 6) is 0.781. The van der Waals surface area contributed by atoms with Crippen molar-refractivity contribution in [3.63, 3.8) is 0 Å². The van der Waals surface area contributed by atoms with Crippen LogP contribution in [0.1, 0.15) is 18.7 Å². The van der Waals surface area contributed by atoms with Crippen molar-refractivity contribution in [2.45, 2.75) is 25.4 Å². The Labute approximate surface area is 104 Å². The van der Waals surface area contributed by atoms with Crippen molar-refractivity contribution in [2.75, 3.05) is 6.54 Å². The van der Waals surface area contributed by atoms with E-state index >= 15 is 0 Å². The van der Waals surface area contributed by atoms with Crippen LogP contribution in [-0.4, -0.2) is 39.3 Å². The number of nitrogens with zero attached hydrogens (tertiary/aromatic N) is 3. The van der Waals surface area contributed by atoms with E-state index in [0.29, 0.717) is 18.3 Å². The minimum Gasteiger partial charge on any atom is -0.342 e. The second-order valence-electron chi connectivity index (χ2n) is 4.74. The lowest BCUT2D eigenvalue weighted by molar-refractivity contribution is -0.145. The highest BCUT2D eigenvalue weighted by Gasteiger charge is 2.42. The van der Waals surface area contributed by atoms with Gasteiger partial charge in [-0.3, -0.25) is 9.59 Å². The molecule has 2 heterocycles. The molecule has 0 radical (unpaired) electrons. The largest absolute Gasteiger partial charge is 0.342 e. The van der Waals surface area contributed by atoms with Crippen LogP contribution in [0.3, 0.4) is 0 Å². The average molecular weight is 246 g/mol. The molecule has 0 aromatic carbocycles. The first-order chi connectivity index (χ1) is 8.74. The van der Waals surface area contributed by atoms with Gasteiger partial charge in [0, 0.05) is 12.4 Å². The van der Waals surface area contributed by atoms with Crippen molar-refractivity contribution in [3.8, 4) is 0 Å². The summed E-state index contributed by atoms with van der Waals surface area (Å²) in [6, 6.07) is 1.39. The first kappa shape index (κ1) is 11.1. The lowest BCUT2D eigenvalue weighted by Gasteiger charge is -2.32. The highest BCUT2D eigenvalue weighted by molar-refractivity contribution is 5.95. The lowest BCUT2D eigenvalue weighted by Crippen LogP contribution is -2.58. The van der Waals surface area contributed by atoms with Crippen LogP contribution in [0.5, 0.6) is 0 Å². The molecule has 1 aliphatic heterocycles. The van der Waals surface area contributed by atoms with E-state index in [4.69, 9.17) is 0 Å². The van der Waals surface area contributed by atoms with Gasteiger partial charge in [0.25, 0.3) is 0 Å². The number of rotatable bonds is 3. The van der Waals surface area contributed by atoms with Crippen LogP contribution in [0.15, 0.2) is 18.5 Å². The second kappa shape index (κ2) is 4.36. The summed E-state index contributed by atoms with van der Waals surface area (Å²) in [4.78, 5) is 33.5. The molecule has 1 aromatic heterocycles. The zero-order valence-corrected chi connectivity index (χ0v) is 9.87. The third kappa shape index (κ3) is 2.18. The van der Waals surface area contributed by atoms with Gasteiger partial charge in [-0.2, -0.15) is 0 Å². The Hall–Kier alpha value is -1.98. The molecule has 2 fully saturated rings. The normalized spacial score (nSPS) is 24.0. The Morgan fingerprint density at radius 3 is 2.67 bits per heavy atom. The fourth-order valence-electron chi connectivity index (χ4n) is 2.19. The standard InChI is InChI=1S/C12H14N4O2/c17-10-7-16(6-9-13-4-1-5-14-9)12(18)11(15-10)8-2-3-8/h1,4-5,8,11H,2-3,6-7H2,(H,15,17). The molecule has 6 heteroatoms. The quantitative estimate of drug-likeness (QED) is 0.795. The second-order valence-corrected chi connectivity index (χ2v) is 4.74. The molecule has 1 saturated heterocycles. The van der Waals surface area contributed by atoms with Crippen molar-refractivity contribution in [1.29, 1.82) is 0 Å². The molecule has 1 saturated carbocycles. The maximum atomic E-state index is 12.2. The van der Waals surface area contributed by atoms with Gasteiger partial charge in [-0.25, -0.2) is 9.97 Å². The Kier molecular flexibility index (Phi) is 2.70. The van der Waals surface area contributed by atoms with E-state index in [9.17, 15) is 9.59 Å². The van der Waals surface area contributed by atoms with Crippen LogP contribution in [0.25, 0.3) is 0 Å². The van der Waals surface area contributed by atoms with E-state index in [1.165, 1.54) is 4.90 Å². The average Bonchev–Trinajstić information content (AvgIpc) is 3.19. The molecular formula is C12H14N4O2. The Morgan fingerprint density at radius 1 is 1.28 bits per heavy atom. The van der Waals surface area contributed by atoms with E-state index in [1.807, 2.05) is 0 Å². The molecule has 94 valence electrons. The topological polar surface area (TPSA) is 75.2 Å². The van der Waals surface area contributed by atoms with Gasteiger partial charge in [0.05, 0.1) is 6.54 Å². The van der Waals surface area contributed by atoms with Gasteiger partial charge < -0.3 is 10.2 Å². The predicted molar refractivity (Wildman–Crippen MR) is 62.1 cm³/mol. The summed E-state index contributed by atoms with van der Waals surface area (Å²) in [5, 5.41) is 2.77. The molecule has 18 heavy (non-hydrogen) atoms. The van der Waals surface area contributed by atoms with E-state index in [0.717, 1.165) is 12.8 Å². The fraction of sp³-hybridized carbons (Fsp3) is 0.500. The van der Waals surface area contributed by atoms with E-state index in [-0.39, 0.29) is 24.4 Å². The first-order valence-electron chi connectivity index (χ1n) is 6.08. The van der Waals surface area contributed by atoms with Crippen LogP contribution in [0.4, 0.5) is 0 Å². The molecule has 6 nitrogen and oxygen atoms in total. The van der Waals surface area contributed by atoms with E-state index < -0.39 is 0 Å². The number of nitrogens with one attached hydrogen (secondary N) is 1. The molecule has 0 spiro atoms. The minimum absolute atomic E-state index is 0.00967. The summed E-state index contributed by atoms with van der Waals surface area (Å²) in [6.45, 7) is 0.399. The minimum atomic E-state index is -0.338. The Morgan fingerprint density at radius 2 is 2.00 bits per heavy atom. The van der Waals surface area contributed by atoms with Gasteiger partial charge in [0.1, 0.15) is 18.4 Å². The number of aromatic nitrogens is 2. The highest BCUT2D eigenvalue weighted by atomic mass is 16.2. The van der Waals surface area contributed by atoms with Gasteiger partial charge in [-0.05, 0) is 24.8 Å². The number of piperazine rings is 1. The van der Waals surface area contributed by atoms with E-state index in [1.54, 1.807) is 18.5 Å². The first-order valence-corrected chi connectivity index (χ1v) is 6.08. The third-order valence-corrected chi connectivity index (χ3v) is 3.27. The Bertz CT molecular complexity index is 472. The molecule has 1 aliphatic carbocycles. The van der Waals surface area contributed by atoms with Gasteiger partial charge in [-0.15, -0.1) is 0 Å². The zero-order valence-electron chi connectivity index (χ0n) is 9.87. The van der Waals surface area contributed by atoms with Crippen molar-refractivity contribution in [2.24, 2.45) is 5.92 Å². The van der Waals surface area contributed by atoms with Crippen LogP contribution >= 0.6 is 0 Å². The summed E-state index contributed by atoms with van der Waals surface area (Å²) in [6.07, 6.45) is 5.31. The maximum absolute atomic E-state index is 12.2. The van der Waals surface area contributed by atoms with E-state index in [2.05, 4.69) is 15.3 Å². The van der Waals surface area contributed by atoms with Gasteiger partial charge in [0.2, 0.25) is 11.8 Å². The van der Waals surface area contributed by atoms with Crippen molar-refractivity contribution >= 4 is 11.8 Å². The van der Waals surface area contributed by atoms with Gasteiger partial charge in [0.15, 0.2) is 0 Å². The summed E-state index contributed by atoms with van der Waals surface area (Å²) >= 11 is 0. The lowest BCUT2D eigenvalue weighted by atomic mass is 10.1. The molecule has 1 N–H and O–H groups in total. The summed E-state index contributed by atoms with van der Waals surface area (Å²) < 4.78 is 0. The number of hydrogen-bond acceptors (Lipinski definition) is 4. The number of carbonyl (C=O) groups is 2. The monoisotopic (exact) mass is 246 g/mol. The van der Waals surface area contributed by atoms with Crippen molar-refractivity contribution < 1.29 is 9.59 Å². The predicted octanol–water partition coefficient (Wildman–Crippen LogP) is -0.286. The molecule has 2 aliphatic rings. The smallest absolute Gasteiger partial charge is 0.246 e. The third-order valence-electron chi connectivity index (χ3n) is 3.27. The molecule has 2 amide bonds. The SMILES string of the molecule is O=C1CN(Cc2ncccn2)C(=O)C(C2CC2)N1. The van der Waals surface area contributed by atoms with Gasteiger partial charge >= 0.3 is 0 Å². The summed E-state index contributed by atoms with van der Waals surface area (Å²) in [7, 11) is 0.